The van der Waals surface area contributed by atoms with Crippen molar-refractivity contribution in [2.45, 2.75) is 6.92 Å². The Morgan fingerprint density at radius 2 is 1.69 bits per heavy atom. The first-order valence-electron chi connectivity index (χ1n) is 10.7. The molecule has 8 nitrogen and oxygen atoms in total. The first-order chi connectivity index (χ1) is 17.2. The molecule has 0 aliphatic carbocycles. The van der Waals surface area contributed by atoms with Gasteiger partial charge in [0.2, 0.25) is 0 Å². The lowest BCUT2D eigenvalue weighted by Crippen LogP contribution is -2.32. The molecule has 0 aromatic heterocycles. The Bertz CT molecular complexity index is 1420. The molecule has 0 atom stereocenters. The minimum Gasteiger partial charge on any atom is -0.497 e. The van der Waals surface area contributed by atoms with E-state index in [2.05, 4.69) is 10.6 Å². The van der Waals surface area contributed by atoms with E-state index in [0.29, 0.717) is 27.7 Å². The summed E-state index contributed by atoms with van der Waals surface area (Å²) in [6, 6.07) is 16.4. The fourth-order valence-corrected chi connectivity index (χ4v) is 3.99. The molecule has 36 heavy (non-hydrogen) atoms. The Hall–Kier alpha value is -4.01. The van der Waals surface area contributed by atoms with Crippen molar-refractivity contribution in [3.05, 3.63) is 87.5 Å². The molecular formula is C26H21Cl2N3O5. The molecular weight excluding hydrogens is 505 g/mol. The molecule has 184 valence electrons. The number of nitrogens with one attached hydrogen (secondary N) is 2. The minimum absolute atomic E-state index is 0.130. The van der Waals surface area contributed by atoms with E-state index in [9.17, 15) is 14.4 Å². The smallest absolute Gasteiger partial charge is 0.283 e. The van der Waals surface area contributed by atoms with E-state index < -0.39 is 11.8 Å². The normalized spacial score (nSPS) is 13.2. The van der Waals surface area contributed by atoms with Crippen LogP contribution in [0.3, 0.4) is 0 Å². The number of ether oxygens (including phenoxy) is 2. The monoisotopic (exact) mass is 525 g/mol. The third-order valence-corrected chi connectivity index (χ3v) is 6.08. The van der Waals surface area contributed by atoms with E-state index in [1.54, 1.807) is 54.6 Å². The number of imide groups is 1. The van der Waals surface area contributed by atoms with Crippen molar-refractivity contribution in [2.75, 3.05) is 29.8 Å². The van der Waals surface area contributed by atoms with Gasteiger partial charge in [-0.15, -0.1) is 0 Å². The average Bonchev–Trinajstić information content (AvgIpc) is 3.08. The van der Waals surface area contributed by atoms with E-state index in [4.69, 9.17) is 32.7 Å². The van der Waals surface area contributed by atoms with E-state index in [-0.39, 0.29) is 28.1 Å². The minimum atomic E-state index is -0.721. The van der Waals surface area contributed by atoms with Gasteiger partial charge in [0.05, 0.1) is 19.9 Å². The van der Waals surface area contributed by atoms with Crippen LogP contribution >= 0.6 is 23.2 Å². The maximum absolute atomic E-state index is 13.2. The number of carbonyl (C=O) groups is 3. The highest BCUT2D eigenvalue weighted by atomic mass is 35.5. The van der Waals surface area contributed by atoms with Crippen molar-refractivity contribution in [3.8, 4) is 11.5 Å². The molecule has 0 bridgehead atoms. The van der Waals surface area contributed by atoms with Crippen LogP contribution in [0.2, 0.25) is 5.02 Å². The number of rotatable bonds is 7. The van der Waals surface area contributed by atoms with Gasteiger partial charge in [0.1, 0.15) is 22.2 Å². The number of hydrogen-bond donors (Lipinski definition) is 2. The van der Waals surface area contributed by atoms with Crippen LogP contribution in [-0.4, -0.2) is 31.9 Å². The highest BCUT2D eigenvalue weighted by molar-refractivity contribution is 6.53. The zero-order valence-corrected chi connectivity index (χ0v) is 21.0. The molecule has 1 aliphatic heterocycles. The Labute approximate surface area is 217 Å². The summed E-state index contributed by atoms with van der Waals surface area (Å²) in [6.45, 7) is 1.85. The molecule has 0 unspecified atom stereocenters. The predicted molar refractivity (Wildman–Crippen MR) is 139 cm³/mol. The van der Waals surface area contributed by atoms with Crippen molar-refractivity contribution in [1.82, 2.24) is 0 Å². The van der Waals surface area contributed by atoms with Crippen molar-refractivity contribution in [2.24, 2.45) is 0 Å². The van der Waals surface area contributed by atoms with Gasteiger partial charge in [0.25, 0.3) is 17.7 Å². The largest absolute Gasteiger partial charge is 0.497 e. The third kappa shape index (κ3) is 4.86. The Morgan fingerprint density at radius 3 is 2.42 bits per heavy atom. The molecule has 1 aliphatic rings. The summed E-state index contributed by atoms with van der Waals surface area (Å²) in [5.41, 5.74) is 2.19. The lowest BCUT2D eigenvalue weighted by molar-refractivity contribution is -0.120. The van der Waals surface area contributed by atoms with Gasteiger partial charge in [-0.1, -0.05) is 35.3 Å². The zero-order valence-electron chi connectivity index (χ0n) is 19.5. The number of halogens is 2. The van der Waals surface area contributed by atoms with Crippen LogP contribution in [0.1, 0.15) is 15.9 Å². The van der Waals surface area contributed by atoms with Crippen molar-refractivity contribution < 1.29 is 23.9 Å². The van der Waals surface area contributed by atoms with Crippen molar-refractivity contribution in [3.63, 3.8) is 0 Å². The summed E-state index contributed by atoms with van der Waals surface area (Å²) in [5, 5.41) is 5.90. The lowest BCUT2D eigenvalue weighted by atomic mass is 10.1. The molecule has 0 saturated heterocycles. The van der Waals surface area contributed by atoms with Gasteiger partial charge in [-0.05, 0) is 55.0 Å². The molecule has 0 radical (unpaired) electrons. The number of methoxy groups -OCH3 is 2. The number of carbonyl (C=O) groups excluding carboxylic acids is 3. The standard InChI is InChI=1S/C26H21Cl2N3O5/c1-14-7-8-16(27)12-19(14)30-24(32)15-5-4-6-17(11-15)29-23-22(28)25(33)31(26(23)34)20-13-18(35-2)9-10-21(20)36-3/h4-13,29H,1-3H3,(H,30,32). The second-order valence-electron chi connectivity index (χ2n) is 7.79. The predicted octanol–water partition coefficient (Wildman–Crippen LogP) is 5.35. The van der Waals surface area contributed by atoms with Gasteiger partial charge in [-0.2, -0.15) is 0 Å². The van der Waals surface area contributed by atoms with Crippen LogP contribution in [0, 0.1) is 6.92 Å². The van der Waals surface area contributed by atoms with Gasteiger partial charge >= 0.3 is 0 Å². The van der Waals surface area contributed by atoms with Gasteiger partial charge < -0.3 is 20.1 Å². The van der Waals surface area contributed by atoms with E-state index >= 15 is 0 Å². The topological polar surface area (TPSA) is 97.0 Å². The number of nitrogens with zero attached hydrogens (tertiary/aromatic N) is 1. The molecule has 3 aromatic rings. The van der Waals surface area contributed by atoms with Gasteiger partial charge in [-0.3, -0.25) is 14.4 Å². The maximum atomic E-state index is 13.2. The molecule has 2 N–H and O–H groups in total. The van der Waals surface area contributed by atoms with Crippen LogP contribution in [-0.2, 0) is 9.59 Å². The summed E-state index contributed by atoms with van der Waals surface area (Å²) < 4.78 is 10.5. The fraction of sp³-hybridized carbons (Fsp3) is 0.115. The molecule has 1 heterocycles. The Kier molecular flexibility index (Phi) is 7.19. The van der Waals surface area contributed by atoms with Gasteiger partial charge in [0, 0.05) is 28.0 Å². The average molecular weight is 526 g/mol. The van der Waals surface area contributed by atoms with Crippen molar-refractivity contribution >= 4 is 58.0 Å². The SMILES string of the molecule is COc1ccc(OC)c(N2C(=O)C(Cl)=C(Nc3cccc(C(=O)Nc4cc(Cl)ccc4C)c3)C2=O)c1. The molecule has 3 aromatic carbocycles. The number of hydrogen-bond acceptors (Lipinski definition) is 6. The van der Waals surface area contributed by atoms with Crippen LogP contribution in [0.25, 0.3) is 0 Å². The number of amides is 3. The summed E-state index contributed by atoms with van der Waals surface area (Å²) in [4.78, 5) is 39.9. The molecule has 0 fully saturated rings. The van der Waals surface area contributed by atoms with Gasteiger partial charge in [0.15, 0.2) is 0 Å². The first-order valence-corrected chi connectivity index (χ1v) is 11.4. The Balaban J connectivity index is 1.58. The summed E-state index contributed by atoms with van der Waals surface area (Å²) in [5.74, 6) is -1.06. The van der Waals surface area contributed by atoms with Crippen LogP contribution in [0.15, 0.2) is 71.4 Å². The second kappa shape index (κ2) is 10.3. The van der Waals surface area contributed by atoms with Crippen LogP contribution in [0.5, 0.6) is 11.5 Å². The van der Waals surface area contributed by atoms with Crippen molar-refractivity contribution in [1.29, 1.82) is 0 Å². The molecule has 0 saturated carbocycles. The molecule has 4 rings (SSSR count). The third-order valence-electron chi connectivity index (χ3n) is 5.50. The zero-order chi connectivity index (χ0) is 26.0. The second-order valence-corrected chi connectivity index (χ2v) is 8.61. The Morgan fingerprint density at radius 1 is 0.917 bits per heavy atom. The number of aryl methyl sites for hydroxylation is 1. The van der Waals surface area contributed by atoms with Crippen LogP contribution < -0.4 is 25.0 Å². The first kappa shape index (κ1) is 25.1. The quantitative estimate of drug-likeness (QED) is 0.403. The molecule has 0 spiro atoms. The molecule has 10 heteroatoms. The van der Waals surface area contributed by atoms with E-state index in [1.807, 2.05) is 6.92 Å². The van der Waals surface area contributed by atoms with Gasteiger partial charge in [-0.25, -0.2) is 4.90 Å². The summed E-state index contributed by atoms with van der Waals surface area (Å²) >= 11 is 12.3. The maximum Gasteiger partial charge on any atom is 0.283 e. The number of anilines is 3. The highest BCUT2D eigenvalue weighted by Crippen LogP contribution is 2.38. The highest BCUT2D eigenvalue weighted by Gasteiger charge is 2.40. The fourth-order valence-electron chi connectivity index (χ4n) is 3.61. The lowest BCUT2D eigenvalue weighted by Gasteiger charge is -2.19. The summed E-state index contributed by atoms with van der Waals surface area (Å²) in [6.07, 6.45) is 0. The number of benzene rings is 3. The van der Waals surface area contributed by atoms with Crippen LogP contribution in [0.4, 0.5) is 17.1 Å². The molecule has 3 amide bonds. The van der Waals surface area contributed by atoms with E-state index in [0.717, 1.165) is 10.5 Å². The van der Waals surface area contributed by atoms with E-state index in [1.165, 1.54) is 20.3 Å². The summed E-state index contributed by atoms with van der Waals surface area (Å²) in [7, 11) is 2.89.